The number of ether oxygens (including phenoxy) is 1. The Hall–Kier alpha value is -1.46. The summed E-state index contributed by atoms with van der Waals surface area (Å²) in [7, 11) is 1.62. The standard InChI is InChI=1S/C11H10ClN3OS/c1-16-7-4-2-3-5-8(7)17-11-9(12)10(13)14-6-15-11/h2-6H,1H3,(H2,13,14,15). The highest BCUT2D eigenvalue weighted by Crippen LogP contribution is 2.37. The minimum atomic E-state index is 0.277. The van der Waals surface area contributed by atoms with Gasteiger partial charge in [-0.15, -0.1) is 0 Å². The summed E-state index contributed by atoms with van der Waals surface area (Å²) in [6.07, 6.45) is 1.39. The molecule has 0 aliphatic rings. The number of rotatable bonds is 3. The maximum Gasteiger partial charge on any atom is 0.146 e. The Bertz CT molecular complexity index is 536. The molecule has 0 saturated heterocycles. The normalized spacial score (nSPS) is 10.2. The number of anilines is 1. The molecule has 88 valence electrons. The number of halogens is 1. The van der Waals surface area contributed by atoms with Gasteiger partial charge in [0.1, 0.15) is 27.9 Å². The summed E-state index contributed by atoms with van der Waals surface area (Å²) in [5.41, 5.74) is 5.62. The zero-order chi connectivity index (χ0) is 12.3. The quantitative estimate of drug-likeness (QED) is 0.867. The summed E-state index contributed by atoms with van der Waals surface area (Å²) >= 11 is 7.42. The second kappa shape index (κ2) is 5.25. The summed E-state index contributed by atoms with van der Waals surface area (Å²) in [5.74, 6) is 1.05. The summed E-state index contributed by atoms with van der Waals surface area (Å²) in [5, 5.41) is 0.979. The van der Waals surface area contributed by atoms with Crippen molar-refractivity contribution >= 4 is 29.2 Å². The first-order valence-corrected chi connectivity index (χ1v) is 5.98. The van der Waals surface area contributed by atoms with Crippen LogP contribution in [0, 0.1) is 0 Å². The summed E-state index contributed by atoms with van der Waals surface area (Å²) in [6.45, 7) is 0. The van der Waals surface area contributed by atoms with Crippen molar-refractivity contribution in [3.05, 3.63) is 35.6 Å². The number of nitrogens with zero attached hydrogens (tertiary/aromatic N) is 2. The molecule has 0 aliphatic heterocycles. The van der Waals surface area contributed by atoms with Gasteiger partial charge < -0.3 is 10.5 Å². The van der Waals surface area contributed by atoms with Crippen molar-refractivity contribution in [1.29, 1.82) is 0 Å². The Labute approximate surface area is 108 Å². The van der Waals surface area contributed by atoms with E-state index in [0.717, 1.165) is 10.6 Å². The molecule has 0 aliphatic carbocycles. The van der Waals surface area contributed by atoms with Crippen molar-refractivity contribution in [2.45, 2.75) is 9.92 Å². The fourth-order valence-electron chi connectivity index (χ4n) is 1.24. The Morgan fingerprint density at radius 2 is 2.06 bits per heavy atom. The maximum atomic E-state index is 6.03. The number of benzene rings is 1. The highest BCUT2D eigenvalue weighted by atomic mass is 35.5. The van der Waals surface area contributed by atoms with Crippen molar-refractivity contribution in [2.75, 3.05) is 12.8 Å². The van der Waals surface area contributed by atoms with Crippen LogP contribution in [0.2, 0.25) is 5.02 Å². The van der Waals surface area contributed by atoms with Crippen LogP contribution in [0.5, 0.6) is 5.75 Å². The molecule has 0 atom stereocenters. The lowest BCUT2D eigenvalue weighted by Crippen LogP contribution is -1.94. The second-order valence-corrected chi connectivity index (χ2v) is 4.54. The third-order valence-electron chi connectivity index (χ3n) is 2.06. The number of nitrogen functional groups attached to an aromatic ring is 1. The minimum absolute atomic E-state index is 0.277. The van der Waals surface area contributed by atoms with E-state index in [2.05, 4.69) is 9.97 Å². The molecule has 17 heavy (non-hydrogen) atoms. The van der Waals surface area contributed by atoms with Crippen molar-refractivity contribution in [3.63, 3.8) is 0 Å². The second-order valence-electron chi connectivity index (χ2n) is 3.13. The smallest absolute Gasteiger partial charge is 0.146 e. The highest BCUT2D eigenvalue weighted by molar-refractivity contribution is 7.99. The Morgan fingerprint density at radius 1 is 1.29 bits per heavy atom. The third-order valence-corrected chi connectivity index (χ3v) is 3.60. The number of hydrogen-bond acceptors (Lipinski definition) is 5. The average Bonchev–Trinajstić information content (AvgIpc) is 2.35. The molecule has 0 radical (unpaired) electrons. The zero-order valence-electron chi connectivity index (χ0n) is 9.05. The van der Waals surface area contributed by atoms with Gasteiger partial charge in [-0.3, -0.25) is 0 Å². The maximum absolute atomic E-state index is 6.03. The number of aromatic nitrogens is 2. The Morgan fingerprint density at radius 3 is 2.82 bits per heavy atom. The molecule has 2 rings (SSSR count). The lowest BCUT2D eigenvalue weighted by molar-refractivity contribution is 0.405. The average molecular weight is 268 g/mol. The van der Waals surface area contributed by atoms with Gasteiger partial charge in [0.2, 0.25) is 0 Å². The van der Waals surface area contributed by atoms with Crippen molar-refractivity contribution in [1.82, 2.24) is 9.97 Å². The van der Waals surface area contributed by atoms with Crippen LogP contribution < -0.4 is 10.5 Å². The molecule has 0 saturated carbocycles. The van der Waals surface area contributed by atoms with Gasteiger partial charge in [0.25, 0.3) is 0 Å². The molecule has 1 heterocycles. The lowest BCUT2D eigenvalue weighted by atomic mass is 10.3. The van der Waals surface area contributed by atoms with E-state index in [1.54, 1.807) is 7.11 Å². The first-order valence-electron chi connectivity index (χ1n) is 4.79. The van der Waals surface area contributed by atoms with Crippen LogP contribution in [-0.4, -0.2) is 17.1 Å². The Kier molecular flexibility index (Phi) is 3.71. The van der Waals surface area contributed by atoms with E-state index in [9.17, 15) is 0 Å². The van der Waals surface area contributed by atoms with E-state index in [4.69, 9.17) is 22.1 Å². The topological polar surface area (TPSA) is 61.0 Å². The van der Waals surface area contributed by atoms with Gasteiger partial charge in [-0.2, -0.15) is 0 Å². The van der Waals surface area contributed by atoms with Gasteiger partial charge >= 0.3 is 0 Å². The molecular formula is C11H10ClN3OS. The molecule has 1 aromatic heterocycles. The molecule has 0 amide bonds. The van der Waals surface area contributed by atoms with Crippen molar-refractivity contribution in [2.24, 2.45) is 0 Å². The van der Waals surface area contributed by atoms with Gasteiger partial charge in [-0.25, -0.2) is 9.97 Å². The van der Waals surface area contributed by atoms with Gasteiger partial charge in [-0.1, -0.05) is 35.5 Å². The molecule has 2 N–H and O–H groups in total. The summed E-state index contributed by atoms with van der Waals surface area (Å²) in [6, 6.07) is 7.63. The fraction of sp³-hybridized carbons (Fsp3) is 0.0909. The van der Waals surface area contributed by atoms with Crippen LogP contribution in [0.4, 0.5) is 5.82 Å². The molecular weight excluding hydrogens is 258 g/mol. The van der Waals surface area contributed by atoms with Crippen LogP contribution in [0.1, 0.15) is 0 Å². The van der Waals surface area contributed by atoms with E-state index in [1.165, 1.54) is 18.1 Å². The summed E-state index contributed by atoms with van der Waals surface area (Å²) in [4.78, 5) is 8.83. The molecule has 0 spiro atoms. The Balaban J connectivity index is 2.35. The monoisotopic (exact) mass is 267 g/mol. The van der Waals surface area contributed by atoms with E-state index in [-0.39, 0.29) is 5.82 Å². The third kappa shape index (κ3) is 2.62. The minimum Gasteiger partial charge on any atom is -0.496 e. The van der Waals surface area contributed by atoms with Crippen LogP contribution in [-0.2, 0) is 0 Å². The van der Waals surface area contributed by atoms with E-state index < -0.39 is 0 Å². The van der Waals surface area contributed by atoms with Gasteiger partial charge in [0.15, 0.2) is 0 Å². The molecule has 1 aromatic carbocycles. The SMILES string of the molecule is COc1ccccc1Sc1ncnc(N)c1Cl. The van der Waals surface area contributed by atoms with Crippen LogP contribution in [0.3, 0.4) is 0 Å². The van der Waals surface area contributed by atoms with Gasteiger partial charge in [-0.05, 0) is 12.1 Å². The molecule has 0 bridgehead atoms. The fourth-order valence-corrected chi connectivity index (χ4v) is 2.36. The highest BCUT2D eigenvalue weighted by Gasteiger charge is 2.10. The predicted octanol–water partition coefficient (Wildman–Crippen LogP) is 2.87. The molecule has 0 fully saturated rings. The lowest BCUT2D eigenvalue weighted by Gasteiger charge is -2.08. The van der Waals surface area contributed by atoms with Gasteiger partial charge in [0, 0.05) is 0 Å². The number of hydrogen-bond donors (Lipinski definition) is 1. The number of para-hydroxylation sites is 1. The van der Waals surface area contributed by atoms with Crippen LogP contribution in [0.15, 0.2) is 40.5 Å². The number of methoxy groups -OCH3 is 1. The first-order chi connectivity index (χ1) is 8.22. The van der Waals surface area contributed by atoms with Crippen molar-refractivity contribution < 1.29 is 4.74 Å². The molecule has 6 heteroatoms. The first kappa shape index (κ1) is 12.0. The van der Waals surface area contributed by atoms with Crippen LogP contribution >= 0.6 is 23.4 Å². The summed E-state index contributed by atoms with van der Waals surface area (Å²) < 4.78 is 5.25. The molecule has 4 nitrogen and oxygen atoms in total. The van der Waals surface area contributed by atoms with Crippen LogP contribution in [0.25, 0.3) is 0 Å². The van der Waals surface area contributed by atoms with Crippen molar-refractivity contribution in [3.8, 4) is 5.75 Å². The molecule has 0 unspecified atom stereocenters. The largest absolute Gasteiger partial charge is 0.496 e. The number of nitrogens with two attached hydrogens (primary N) is 1. The van der Waals surface area contributed by atoms with E-state index in [1.807, 2.05) is 24.3 Å². The van der Waals surface area contributed by atoms with E-state index >= 15 is 0 Å². The zero-order valence-corrected chi connectivity index (χ0v) is 10.6. The van der Waals surface area contributed by atoms with Gasteiger partial charge in [0.05, 0.1) is 12.0 Å². The predicted molar refractivity (Wildman–Crippen MR) is 68.6 cm³/mol. The molecule has 2 aromatic rings. The van der Waals surface area contributed by atoms with E-state index in [0.29, 0.717) is 10.0 Å².